The molecule has 3 atom stereocenters. The molecule has 0 radical (unpaired) electrons. The second kappa shape index (κ2) is 5.42. The fourth-order valence-corrected chi connectivity index (χ4v) is 4.86. The minimum Gasteiger partial charge on any atom is -0.352 e. The zero-order chi connectivity index (χ0) is 16.2. The molecule has 2 aliphatic carbocycles. The third-order valence-electron chi connectivity index (χ3n) is 5.89. The summed E-state index contributed by atoms with van der Waals surface area (Å²) in [4.78, 5) is 26.2. The molecule has 2 heterocycles. The zero-order valence-electron chi connectivity index (χ0n) is 12.8. The maximum atomic E-state index is 12.5. The van der Waals surface area contributed by atoms with Crippen LogP contribution in [0.15, 0.2) is 0 Å². The Labute approximate surface area is 137 Å². The standard InChI is InChI=1S/C14H21N3O5S/c18-12(15-9-6-14(7-9)4-1-5-14)11-3-2-10-8-16(11)13(19)17(10)22-23(20)21/h9-11H,1-8H2,(H,15,18)(H,20,21). The Morgan fingerprint density at radius 3 is 2.70 bits per heavy atom. The molecule has 9 heteroatoms. The predicted octanol–water partition coefficient (Wildman–Crippen LogP) is 0.772. The van der Waals surface area contributed by atoms with Gasteiger partial charge in [0.05, 0.1) is 6.04 Å². The van der Waals surface area contributed by atoms with E-state index in [1.165, 1.54) is 24.2 Å². The van der Waals surface area contributed by atoms with Crippen LogP contribution in [0.1, 0.15) is 44.9 Å². The maximum absolute atomic E-state index is 12.5. The highest BCUT2D eigenvalue weighted by Gasteiger charge is 2.51. The summed E-state index contributed by atoms with van der Waals surface area (Å²) < 4.78 is 24.3. The van der Waals surface area contributed by atoms with E-state index in [-0.39, 0.29) is 18.0 Å². The van der Waals surface area contributed by atoms with Crippen molar-refractivity contribution in [1.29, 1.82) is 0 Å². The summed E-state index contributed by atoms with van der Waals surface area (Å²) in [5, 5.41) is 4.01. The van der Waals surface area contributed by atoms with Gasteiger partial charge in [-0.1, -0.05) is 6.42 Å². The van der Waals surface area contributed by atoms with Crippen LogP contribution in [0.4, 0.5) is 4.79 Å². The van der Waals surface area contributed by atoms with Crippen LogP contribution in [0.2, 0.25) is 0 Å². The summed E-state index contributed by atoms with van der Waals surface area (Å²) >= 11 is -2.53. The number of fused-ring (bicyclic) bond motifs is 2. The third-order valence-corrected chi connectivity index (χ3v) is 6.18. The molecule has 2 aliphatic heterocycles. The Morgan fingerprint density at radius 2 is 2.09 bits per heavy atom. The van der Waals surface area contributed by atoms with Crippen LogP contribution in [0.25, 0.3) is 0 Å². The van der Waals surface area contributed by atoms with Crippen LogP contribution < -0.4 is 5.32 Å². The van der Waals surface area contributed by atoms with Gasteiger partial charge in [-0.05, 0) is 43.9 Å². The minimum absolute atomic E-state index is 0.108. The average Bonchev–Trinajstić information content (AvgIpc) is 2.65. The number of hydrogen-bond donors (Lipinski definition) is 2. The van der Waals surface area contributed by atoms with E-state index in [1.54, 1.807) is 0 Å². The molecule has 2 N–H and O–H groups in total. The van der Waals surface area contributed by atoms with E-state index in [1.807, 2.05) is 0 Å². The molecule has 0 aromatic carbocycles. The van der Waals surface area contributed by atoms with Crippen molar-refractivity contribution in [2.75, 3.05) is 6.54 Å². The Bertz CT molecular complexity index is 559. The fourth-order valence-electron chi connectivity index (χ4n) is 4.54. The Hall–Kier alpha value is -1.19. The molecule has 128 valence electrons. The molecule has 4 aliphatic rings. The molecule has 4 fully saturated rings. The first kappa shape index (κ1) is 15.3. The molecule has 23 heavy (non-hydrogen) atoms. The largest absolute Gasteiger partial charge is 0.352 e. The maximum Gasteiger partial charge on any atom is 0.346 e. The van der Waals surface area contributed by atoms with E-state index >= 15 is 0 Å². The lowest BCUT2D eigenvalue weighted by Gasteiger charge is -2.54. The highest BCUT2D eigenvalue weighted by molar-refractivity contribution is 7.74. The van der Waals surface area contributed by atoms with Gasteiger partial charge >= 0.3 is 17.4 Å². The lowest BCUT2D eigenvalue weighted by molar-refractivity contribution is -0.129. The third kappa shape index (κ3) is 2.54. The van der Waals surface area contributed by atoms with Crippen molar-refractivity contribution in [3.63, 3.8) is 0 Å². The molecule has 2 bridgehead atoms. The van der Waals surface area contributed by atoms with E-state index < -0.39 is 23.4 Å². The van der Waals surface area contributed by atoms with E-state index in [9.17, 15) is 13.8 Å². The number of piperidine rings is 1. The highest BCUT2D eigenvalue weighted by atomic mass is 32.2. The summed E-state index contributed by atoms with van der Waals surface area (Å²) in [6.45, 7) is 0.364. The first-order chi connectivity index (χ1) is 11.0. The molecule has 8 nitrogen and oxygen atoms in total. The molecular formula is C14H21N3O5S. The van der Waals surface area contributed by atoms with Crippen molar-refractivity contribution in [3.05, 3.63) is 0 Å². The van der Waals surface area contributed by atoms with Gasteiger partial charge in [0.25, 0.3) is 0 Å². The van der Waals surface area contributed by atoms with Gasteiger partial charge in [0, 0.05) is 12.6 Å². The van der Waals surface area contributed by atoms with Gasteiger partial charge < -0.3 is 10.2 Å². The van der Waals surface area contributed by atoms with Gasteiger partial charge in [-0.25, -0.2) is 4.79 Å². The molecule has 3 unspecified atom stereocenters. The Morgan fingerprint density at radius 1 is 1.35 bits per heavy atom. The van der Waals surface area contributed by atoms with Crippen molar-refractivity contribution >= 4 is 23.3 Å². The molecule has 0 aromatic heterocycles. The number of hydrogen-bond acceptors (Lipinski definition) is 4. The van der Waals surface area contributed by atoms with Gasteiger partial charge in [0.1, 0.15) is 6.04 Å². The smallest absolute Gasteiger partial charge is 0.346 e. The van der Waals surface area contributed by atoms with Crippen LogP contribution >= 0.6 is 0 Å². The predicted molar refractivity (Wildman–Crippen MR) is 80.1 cm³/mol. The Balaban J connectivity index is 1.35. The summed E-state index contributed by atoms with van der Waals surface area (Å²) in [6.07, 6.45) is 7.11. The first-order valence-electron chi connectivity index (χ1n) is 8.17. The molecule has 3 amide bonds. The Kier molecular flexibility index (Phi) is 3.62. The minimum atomic E-state index is -2.53. The molecular weight excluding hydrogens is 322 g/mol. The quantitative estimate of drug-likeness (QED) is 0.735. The average molecular weight is 343 g/mol. The van der Waals surface area contributed by atoms with E-state index in [4.69, 9.17) is 4.55 Å². The van der Waals surface area contributed by atoms with Gasteiger partial charge in [0.2, 0.25) is 5.91 Å². The number of carbonyl (C=O) groups is 2. The summed E-state index contributed by atoms with van der Waals surface area (Å²) in [5.41, 5.74) is 0.495. The highest BCUT2D eigenvalue weighted by Crippen LogP contribution is 2.55. The summed E-state index contributed by atoms with van der Waals surface area (Å²) in [7, 11) is 0. The van der Waals surface area contributed by atoms with Crippen molar-refractivity contribution in [1.82, 2.24) is 15.3 Å². The number of carbonyl (C=O) groups excluding carboxylic acids is 2. The lowest BCUT2D eigenvalue weighted by Crippen LogP contribution is -2.58. The molecule has 2 saturated heterocycles. The van der Waals surface area contributed by atoms with Crippen LogP contribution in [-0.4, -0.2) is 55.3 Å². The number of nitrogens with zero attached hydrogens (tertiary/aromatic N) is 2. The van der Waals surface area contributed by atoms with E-state index in [2.05, 4.69) is 9.60 Å². The topological polar surface area (TPSA) is 99.2 Å². The number of hydroxylamine groups is 2. The molecule has 0 aromatic rings. The van der Waals surface area contributed by atoms with Crippen LogP contribution in [0.3, 0.4) is 0 Å². The second-order valence-electron chi connectivity index (χ2n) is 7.27. The number of urea groups is 1. The van der Waals surface area contributed by atoms with Crippen LogP contribution in [0.5, 0.6) is 0 Å². The monoisotopic (exact) mass is 343 g/mol. The van der Waals surface area contributed by atoms with Gasteiger partial charge in [-0.15, -0.1) is 4.28 Å². The fraction of sp³-hybridized carbons (Fsp3) is 0.857. The van der Waals surface area contributed by atoms with E-state index in [0.717, 1.165) is 17.9 Å². The normalized spacial score (nSPS) is 33.3. The van der Waals surface area contributed by atoms with Crippen LogP contribution in [0, 0.1) is 5.41 Å². The lowest BCUT2D eigenvalue weighted by atomic mass is 9.54. The number of rotatable bonds is 4. The zero-order valence-corrected chi connectivity index (χ0v) is 13.6. The second-order valence-corrected chi connectivity index (χ2v) is 7.85. The first-order valence-corrected chi connectivity index (χ1v) is 9.20. The van der Waals surface area contributed by atoms with E-state index in [0.29, 0.717) is 24.8 Å². The van der Waals surface area contributed by atoms with Crippen molar-refractivity contribution < 1.29 is 22.6 Å². The van der Waals surface area contributed by atoms with Crippen LogP contribution in [-0.2, 0) is 20.4 Å². The number of amides is 3. The molecule has 1 spiro atoms. The van der Waals surface area contributed by atoms with Crippen molar-refractivity contribution in [2.45, 2.75) is 63.1 Å². The SMILES string of the molecule is O=C(NC1CC2(CCC2)C1)C1CCC2CN1C(=O)N2OS(=O)O. The summed E-state index contributed by atoms with van der Waals surface area (Å²) in [5.74, 6) is -0.108. The van der Waals surface area contributed by atoms with Crippen molar-refractivity contribution in [3.8, 4) is 0 Å². The van der Waals surface area contributed by atoms with Gasteiger partial charge in [0.15, 0.2) is 0 Å². The molecule has 2 saturated carbocycles. The van der Waals surface area contributed by atoms with Crippen molar-refractivity contribution in [2.24, 2.45) is 5.41 Å². The summed E-state index contributed by atoms with van der Waals surface area (Å²) in [6, 6.07) is -1.03. The number of nitrogens with one attached hydrogen (secondary N) is 1. The molecule has 4 rings (SSSR count). The van der Waals surface area contributed by atoms with Gasteiger partial charge in [-0.2, -0.15) is 9.27 Å². The van der Waals surface area contributed by atoms with Gasteiger partial charge in [-0.3, -0.25) is 9.35 Å².